The Kier molecular flexibility index (Phi) is 3.41. The van der Waals surface area contributed by atoms with Crippen LogP contribution in [0.5, 0.6) is 0 Å². The van der Waals surface area contributed by atoms with E-state index in [2.05, 4.69) is 9.97 Å². The summed E-state index contributed by atoms with van der Waals surface area (Å²) in [6, 6.07) is 6.99. The lowest BCUT2D eigenvalue weighted by molar-refractivity contribution is -0.140. The first-order chi connectivity index (χ1) is 10.5. The van der Waals surface area contributed by atoms with Crippen LogP contribution < -0.4 is 0 Å². The SMILES string of the molecule is Cc1cc2nc(-c3cccnc3)n(C(C)C(=O)O)c2cc1C. The molecule has 0 fully saturated rings. The minimum absolute atomic E-state index is 0.628. The number of hydrogen-bond donors (Lipinski definition) is 1. The Bertz CT molecular complexity index is 853. The van der Waals surface area contributed by atoms with Crippen LogP contribution in [0.3, 0.4) is 0 Å². The monoisotopic (exact) mass is 295 g/mol. The average Bonchev–Trinajstić information content (AvgIpc) is 2.86. The Balaban J connectivity index is 2.36. The number of aromatic nitrogens is 3. The molecule has 0 saturated heterocycles. The number of carboxylic acid groups (broad SMARTS) is 1. The summed E-state index contributed by atoms with van der Waals surface area (Å²) in [6.07, 6.45) is 3.39. The second-order valence-electron chi connectivity index (χ2n) is 5.49. The molecule has 5 nitrogen and oxygen atoms in total. The third-order valence-electron chi connectivity index (χ3n) is 3.97. The first-order valence-electron chi connectivity index (χ1n) is 7.11. The molecule has 0 bridgehead atoms. The molecule has 1 unspecified atom stereocenters. The number of pyridine rings is 1. The van der Waals surface area contributed by atoms with Gasteiger partial charge >= 0.3 is 5.97 Å². The molecule has 1 atom stereocenters. The normalized spacial score (nSPS) is 12.5. The predicted octanol–water partition coefficient (Wildman–Crippen LogP) is 3.36. The molecule has 0 radical (unpaired) electrons. The minimum Gasteiger partial charge on any atom is -0.480 e. The van der Waals surface area contributed by atoms with Gasteiger partial charge in [-0.25, -0.2) is 9.78 Å². The van der Waals surface area contributed by atoms with Gasteiger partial charge in [0.25, 0.3) is 0 Å². The summed E-state index contributed by atoms with van der Waals surface area (Å²) in [6.45, 7) is 5.71. The van der Waals surface area contributed by atoms with Crippen LogP contribution in [-0.4, -0.2) is 25.6 Å². The largest absolute Gasteiger partial charge is 0.480 e. The van der Waals surface area contributed by atoms with Crippen molar-refractivity contribution in [3.05, 3.63) is 47.8 Å². The van der Waals surface area contributed by atoms with Crippen molar-refractivity contribution in [3.63, 3.8) is 0 Å². The van der Waals surface area contributed by atoms with Crippen LogP contribution in [0.2, 0.25) is 0 Å². The van der Waals surface area contributed by atoms with Crippen LogP contribution in [-0.2, 0) is 4.79 Å². The molecule has 0 aliphatic carbocycles. The fourth-order valence-electron chi connectivity index (χ4n) is 2.55. The number of imidazole rings is 1. The smallest absolute Gasteiger partial charge is 0.326 e. The van der Waals surface area contributed by atoms with E-state index in [1.165, 1.54) is 0 Å². The van der Waals surface area contributed by atoms with E-state index >= 15 is 0 Å². The van der Waals surface area contributed by atoms with E-state index in [0.29, 0.717) is 5.82 Å². The predicted molar refractivity (Wildman–Crippen MR) is 84.8 cm³/mol. The van der Waals surface area contributed by atoms with Crippen molar-refractivity contribution in [1.82, 2.24) is 14.5 Å². The third kappa shape index (κ3) is 2.24. The molecule has 3 aromatic rings. The summed E-state index contributed by atoms with van der Waals surface area (Å²) in [4.78, 5) is 20.3. The first-order valence-corrected chi connectivity index (χ1v) is 7.11. The third-order valence-corrected chi connectivity index (χ3v) is 3.97. The summed E-state index contributed by atoms with van der Waals surface area (Å²) in [7, 11) is 0. The maximum absolute atomic E-state index is 11.5. The lowest BCUT2D eigenvalue weighted by atomic mass is 10.1. The van der Waals surface area contributed by atoms with Crippen molar-refractivity contribution < 1.29 is 9.90 Å². The molecule has 22 heavy (non-hydrogen) atoms. The van der Waals surface area contributed by atoms with E-state index in [-0.39, 0.29) is 0 Å². The van der Waals surface area contributed by atoms with E-state index < -0.39 is 12.0 Å². The number of hydrogen-bond acceptors (Lipinski definition) is 3. The van der Waals surface area contributed by atoms with Crippen molar-refractivity contribution in [2.24, 2.45) is 0 Å². The van der Waals surface area contributed by atoms with Gasteiger partial charge in [-0.15, -0.1) is 0 Å². The Morgan fingerprint density at radius 3 is 2.64 bits per heavy atom. The molecule has 0 aliphatic heterocycles. The Hall–Kier alpha value is -2.69. The zero-order valence-electron chi connectivity index (χ0n) is 12.7. The Labute approximate surface area is 128 Å². The highest BCUT2D eigenvalue weighted by molar-refractivity contribution is 5.85. The van der Waals surface area contributed by atoms with E-state index in [4.69, 9.17) is 0 Å². The zero-order chi connectivity index (χ0) is 15.9. The standard InChI is InChI=1S/C17H17N3O2/c1-10-7-14-15(8-11(10)2)20(12(3)17(21)22)16(19-14)13-5-4-6-18-9-13/h4-9,12H,1-3H3,(H,21,22). The second kappa shape index (κ2) is 5.26. The molecule has 0 aliphatic rings. The summed E-state index contributed by atoms with van der Waals surface area (Å²) >= 11 is 0. The molecule has 2 heterocycles. The molecular formula is C17H17N3O2. The van der Waals surface area contributed by atoms with Crippen molar-refractivity contribution >= 4 is 17.0 Å². The molecule has 0 saturated carbocycles. The van der Waals surface area contributed by atoms with Crippen LogP contribution in [0.15, 0.2) is 36.7 Å². The Morgan fingerprint density at radius 2 is 2.00 bits per heavy atom. The van der Waals surface area contributed by atoms with Gasteiger partial charge in [0.2, 0.25) is 0 Å². The van der Waals surface area contributed by atoms with Crippen LogP contribution in [0, 0.1) is 13.8 Å². The van der Waals surface area contributed by atoms with Gasteiger partial charge in [0.05, 0.1) is 11.0 Å². The molecule has 2 aromatic heterocycles. The lowest BCUT2D eigenvalue weighted by Crippen LogP contribution is -2.16. The summed E-state index contributed by atoms with van der Waals surface area (Å²) < 4.78 is 1.76. The number of aryl methyl sites for hydroxylation is 2. The summed E-state index contributed by atoms with van der Waals surface area (Å²) in [5.41, 5.74) is 4.69. The van der Waals surface area contributed by atoms with Gasteiger partial charge in [-0.3, -0.25) is 4.98 Å². The van der Waals surface area contributed by atoms with Crippen molar-refractivity contribution in [2.45, 2.75) is 26.8 Å². The zero-order valence-corrected chi connectivity index (χ0v) is 12.7. The summed E-state index contributed by atoms with van der Waals surface area (Å²) in [5, 5.41) is 9.44. The molecule has 3 rings (SSSR count). The molecule has 0 amide bonds. The van der Waals surface area contributed by atoms with Crippen LogP contribution in [0.4, 0.5) is 0 Å². The maximum Gasteiger partial charge on any atom is 0.326 e. The molecule has 1 N–H and O–H groups in total. The second-order valence-corrected chi connectivity index (χ2v) is 5.49. The van der Waals surface area contributed by atoms with Gasteiger partial charge in [-0.1, -0.05) is 0 Å². The van der Waals surface area contributed by atoms with Gasteiger partial charge in [0.15, 0.2) is 0 Å². The van der Waals surface area contributed by atoms with Crippen molar-refractivity contribution in [2.75, 3.05) is 0 Å². The molecule has 0 spiro atoms. The van der Waals surface area contributed by atoms with Crippen LogP contribution in [0.1, 0.15) is 24.1 Å². The first kappa shape index (κ1) is 14.3. The fraction of sp³-hybridized carbons (Fsp3) is 0.235. The number of nitrogens with zero attached hydrogens (tertiary/aromatic N) is 3. The number of rotatable bonds is 3. The molecule has 112 valence electrons. The topological polar surface area (TPSA) is 68.0 Å². The summed E-state index contributed by atoms with van der Waals surface area (Å²) in [5.74, 6) is -0.259. The highest BCUT2D eigenvalue weighted by atomic mass is 16.4. The quantitative estimate of drug-likeness (QED) is 0.804. The van der Waals surface area contributed by atoms with Gasteiger partial charge in [-0.2, -0.15) is 0 Å². The minimum atomic E-state index is -0.886. The van der Waals surface area contributed by atoms with E-state index in [1.807, 2.05) is 38.1 Å². The van der Waals surface area contributed by atoms with Crippen molar-refractivity contribution in [3.8, 4) is 11.4 Å². The number of carboxylic acids is 1. The highest BCUT2D eigenvalue weighted by Crippen LogP contribution is 2.29. The Morgan fingerprint density at radius 1 is 1.27 bits per heavy atom. The highest BCUT2D eigenvalue weighted by Gasteiger charge is 2.22. The van der Waals surface area contributed by atoms with Gasteiger partial charge in [0, 0.05) is 18.0 Å². The van der Waals surface area contributed by atoms with Crippen molar-refractivity contribution in [1.29, 1.82) is 0 Å². The number of aliphatic carboxylic acids is 1. The molecular weight excluding hydrogens is 278 g/mol. The number of benzene rings is 1. The number of fused-ring (bicyclic) bond motifs is 1. The van der Waals surface area contributed by atoms with Gasteiger partial charge < -0.3 is 9.67 Å². The molecule has 1 aromatic carbocycles. The van der Waals surface area contributed by atoms with Gasteiger partial charge in [-0.05, 0) is 56.2 Å². The maximum atomic E-state index is 11.5. The van der Waals surface area contributed by atoms with E-state index in [0.717, 1.165) is 27.7 Å². The van der Waals surface area contributed by atoms with Gasteiger partial charge in [0.1, 0.15) is 11.9 Å². The van der Waals surface area contributed by atoms with E-state index in [9.17, 15) is 9.90 Å². The van der Waals surface area contributed by atoms with Crippen LogP contribution in [0.25, 0.3) is 22.4 Å². The van der Waals surface area contributed by atoms with E-state index in [1.54, 1.807) is 23.9 Å². The fourth-order valence-corrected chi connectivity index (χ4v) is 2.55. The average molecular weight is 295 g/mol. The lowest BCUT2D eigenvalue weighted by Gasteiger charge is -2.14. The number of carbonyl (C=O) groups is 1. The molecule has 5 heteroatoms. The van der Waals surface area contributed by atoms with Crippen LogP contribution >= 0.6 is 0 Å².